The first-order valence-corrected chi connectivity index (χ1v) is 8.71. The molecule has 0 unspecified atom stereocenters. The van der Waals surface area contributed by atoms with E-state index >= 15 is 0 Å². The molecule has 0 saturated carbocycles. The normalized spacial score (nSPS) is 10.8. The number of pyridine rings is 1. The van der Waals surface area contributed by atoms with Gasteiger partial charge in [0.05, 0.1) is 23.7 Å². The smallest absolute Gasteiger partial charge is 0.257 e. The summed E-state index contributed by atoms with van der Waals surface area (Å²) in [5.41, 5.74) is 2.90. The maximum atomic E-state index is 12.5. The van der Waals surface area contributed by atoms with E-state index in [4.69, 9.17) is 4.74 Å². The molecular formula is C18H15N5O2S. The molecule has 1 aromatic carbocycles. The summed E-state index contributed by atoms with van der Waals surface area (Å²) in [7, 11) is 3.40. The zero-order valence-electron chi connectivity index (χ0n) is 14.1. The maximum absolute atomic E-state index is 12.5. The van der Waals surface area contributed by atoms with Crippen LogP contribution >= 0.6 is 11.3 Å². The zero-order valence-corrected chi connectivity index (χ0v) is 14.9. The molecule has 0 saturated heterocycles. The van der Waals surface area contributed by atoms with Gasteiger partial charge in [0.15, 0.2) is 5.13 Å². The van der Waals surface area contributed by atoms with Crippen molar-refractivity contribution in [1.82, 2.24) is 19.7 Å². The Kier molecular flexibility index (Phi) is 4.10. The molecule has 0 fully saturated rings. The number of amides is 1. The number of aryl methyl sites for hydroxylation is 1. The van der Waals surface area contributed by atoms with E-state index in [-0.39, 0.29) is 5.91 Å². The number of anilines is 1. The van der Waals surface area contributed by atoms with Gasteiger partial charge in [-0.2, -0.15) is 5.10 Å². The first-order chi connectivity index (χ1) is 12.7. The van der Waals surface area contributed by atoms with Crippen LogP contribution in [0.5, 0.6) is 5.88 Å². The molecule has 26 heavy (non-hydrogen) atoms. The standard InChI is InChI=1S/C18H15N5O2S/c1-23-17(25-2)13-6-5-11(8-14(13)22-23)16(24)21-18-20-15(10-26-18)12-4-3-7-19-9-12/h3-10H,1-2H3,(H,20,21,24). The molecule has 1 amide bonds. The quantitative estimate of drug-likeness (QED) is 0.600. The van der Waals surface area contributed by atoms with Gasteiger partial charge < -0.3 is 4.74 Å². The Labute approximate surface area is 153 Å². The van der Waals surface area contributed by atoms with Gasteiger partial charge in [-0.1, -0.05) is 0 Å². The second kappa shape index (κ2) is 6.57. The molecule has 8 heteroatoms. The average Bonchev–Trinajstić information content (AvgIpc) is 3.25. The Morgan fingerprint density at radius 1 is 1.31 bits per heavy atom. The summed E-state index contributed by atoms with van der Waals surface area (Å²) >= 11 is 1.37. The molecule has 0 bridgehead atoms. The van der Waals surface area contributed by atoms with E-state index in [9.17, 15) is 4.79 Å². The van der Waals surface area contributed by atoms with Crippen molar-refractivity contribution >= 4 is 33.3 Å². The molecule has 7 nitrogen and oxygen atoms in total. The fourth-order valence-electron chi connectivity index (χ4n) is 2.71. The summed E-state index contributed by atoms with van der Waals surface area (Å²) in [4.78, 5) is 21.1. The Hall–Kier alpha value is -3.26. The van der Waals surface area contributed by atoms with Crippen molar-refractivity contribution in [3.05, 3.63) is 53.7 Å². The van der Waals surface area contributed by atoms with Gasteiger partial charge in [0.25, 0.3) is 5.91 Å². The predicted molar refractivity (Wildman–Crippen MR) is 101 cm³/mol. The van der Waals surface area contributed by atoms with E-state index in [0.717, 1.165) is 16.6 Å². The van der Waals surface area contributed by atoms with Crippen molar-refractivity contribution in [2.24, 2.45) is 7.05 Å². The van der Waals surface area contributed by atoms with Crippen molar-refractivity contribution in [2.45, 2.75) is 0 Å². The molecule has 0 spiro atoms. The van der Waals surface area contributed by atoms with Crippen LogP contribution in [0.2, 0.25) is 0 Å². The predicted octanol–water partition coefficient (Wildman–Crippen LogP) is 3.35. The molecule has 0 aliphatic carbocycles. The number of hydrogen-bond acceptors (Lipinski definition) is 6. The van der Waals surface area contributed by atoms with Gasteiger partial charge in [0, 0.05) is 35.9 Å². The van der Waals surface area contributed by atoms with E-state index in [2.05, 4.69) is 20.4 Å². The van der Waals surface area contributed by atoms with E-state index < -0.39 is 0 Å². The molecule has 0 atom stereocenters. The lowest BCUT2D eigenvalue weighted by Crippen LogP contribution is -2.11. The lowest BCUT2D eigenvalue weighted by molar-refractivity contribution is 0.102. The van der Waals surface area contributed by atoms with Crippen LogP contribution in [-0.4, -0.2) is 32.8 Å². The van der Waals surface area contributed by atoms with Crippen molar-refractivity contribution < 1.29 is 9.53 Å². The number of rotatable bonds is 4. The number of hydrogen-bond donors (Lipinski definition) is 1. The van der Waals surface area contributed by atoms with E-state index in [1.165, 1.54) is 11.3 Å². The second-order valence-corrected chi connectivity index (χ2v) is 6.46. The number of ether oxygens (including phenoxy) is 1. The Morgan fingerprint density at radius 2 is 2.19 bits per heavy atom. The monoisotopic (exact) mass is 365 g/mol. The van der Waals surface area contributed by atoms with Gasteiger partial charge in [-0.3, -0.25) is 15.1 Å². The van der Waals surface area contributed by atoms with E-state index in [1.54, 1.807) is 43.4 Å². The highest BCUT2D eigenvalue weighted by Crippen LogP contribution is 2.27. The van der Waals surface area contributed by atoms with Gasteiger partial charge in [-0.15, -0.1) is 11.3 Å². The van der Waals surface area contributed by atoms with Crippen molar-refractivity contribution in [3.63, 3.8) is 0 Å². The van der Waals surface area contributed by atoms with Gasteiger partial charge in [0.2, 0.25) is 5.88 Å². The van der Waals surface area contributed by atoms with Gasteiger partial charge in [-0.05, 0) is 30.3 Å². The minimum atomic E-state index is -0.233. The molecule has 1 N–H and O–H groups in total. The van der Waals surface area contributed by atoms with Crippen molar-refractivity contribution in [3.8, 4) is 17.1 Å². The van der Waals surface area contributed by atoms with Crippen molar-refractivity contribution in [1.29, 1.82) is 0 Å². The van der Waals surface area contributed by atoms with Crippen LogP contribution in [0.4, 0.5) is 5.13 Å². The molecule has 0 aliphatic rings. The highest BCUT2D eigenvalue weighted by atomic mass is 32.1. The molecule has 4 aromatic rings. The maximum Gasteiger partial charge on any atom is 0.257 e. The largest absolute Gasteiger partial charge is 0.481 e. The number of benzene rings is 1. The highest BCUT2D eigenvalue weighted by Gasteiger charge is 2.14. The minimum absolute atomic E-state index is 0.233. The number of carbonyl (C=O) groups is 1. The van der Waals surface area contributed by atoms with Crippen LogP contribution in [-0.2, 0) is 7.05 Å². The third-order valence-electron chi connectivity index (χ3n) is 3.92. The minimum Gasteiger partial charge on any atom is -0.481 e. The SMILES string of the molecule is COc1c2ccc(C(=O)Nc3nc(-c4cccnc4)cs3)cc2nn1C. The van der Waals surface area contributed by atoms with Gasteiger partial charge in [0.1, 0.15) is 0 Å². The molecular weight excluding hydrogens is 350 g/mol. The van der Waals surface area contributed by atoms with Gasteiger partial charge in [-0.25, -0.2) is 9.67 Å². The summed E-state index contributed by atoms with van der Waals surface area (Å²) < 4.78 is 6.97. The highest BCUT2D eigenvalue weighted by molar-refractivity contribution is 7.14. The van der Waals surface area contributed by atoms with E-state index in [0.29, 0.717) is 22.1 Å². The van der Waals surface area contributed by atoms with Crippen LogP contribution in [0.15, 0.2) is 48.1 Å². The summed E-state index contributed by atoms with van der Waals surface area (Å²) in [5, 5.41) is 10.5. The third-order valence-corrected chi connectivity index (χ3v) is 4.67. The first kappa shape index (κ1) is 16.2. The number of thiazole rings is 1. The molecule has 3 aromatic heterocycles. The summed E-state index contributed by atoms with van der Waals surface area (Å²) in [6, 6.07) is 9.10. The molecule has 4 rings (SSSR count). The Bertz CT molecular complexity index is 1090. The molecule has 3 heterocycles. The Balaban J connectivity index is 1.57. The lowest BCUT2D eigenvalue weighted by atomic mass is 10.1. The third kappa shape index (κ3) is 2.91. The summed E-state index contributed by atoms with van der Waals surface area (Å²) in [6.45, 7) is 0. The first-order valence-electron chi connectivity index (χ1n) is 7.84. The molecule has 0 aliphatic heterocycles. The van der Waals surface area contributed by atoms with Crippen LogP contribution in [0.3, 0.4) is 0 Å². The second-order valence-electron chi connectivity index (χ2n) is 5.60. The number of fused-ring (bicyclic) bond motifs is 1. The average molecular weight is 365 g/mol. The molecule has 0 radical (unpaired) electrons. The number of carbonyl (C=O) groups excluding carboxylic acids is 1. The number of methoxy groups -OCH3 is 1. The number of nitrogens with one attached hydrogen (secondary N) is 1. The number of nitrogens with zero attached hydrogens (tertiary/aromatic N) is 4. The fourth-order valence-corrected chi connectivity index (χ4v) is 3.42. The summed E-state index contributed by atoms with van der Waals surface area (Å²) in [6.07, 6.45) is 3.45. The molecule has 130 valence electrons. The van der Waals surface area contributed by atoms with E-state index in [1.807, 2.05) is 23.6 Å². The van der Waals surface area contributed by atoms with Crippen LogP contribution < -0.4 is 10.1 Å². The number of aromatic nitrogens is 4. The van der Waals surface area contributed by atoms with Gasteiger partial charge >= 0.3 is 0 Å². The zero-order chi connectivity index (χ0) is 18.1. The Morgan fingerprint density at radius 3 is 2.96 bits per heavy atom. The van der Waals surface area contributed by atoms with Crippen molar-refractivity contribution in [2.75, 3.05) is 12.4 Å². The van der Waals surface area contributed by atoms with Crippen LogP contribution in [0.25, 0.3) is 22.2 Å². The summed E-state index contributed by atoms with van der Waals surface area (Å²) in [5.74, 6) is 0.427. The topological polar surface area (TPSA) is 81.9 Å². The fraction of sp³-hybridized carbons (Fsp3) is 0.111. The van der Waals surface area contributed by atoms with Crippen LogP contribution in [0.1, 0.15) is 10.4 Å². The lowest BCUT2D eigenvalue weighted by Gasteiger charge is -2.02. The van der Waals surface area contributed by atoms with Crippen LogP contribution in [0, 0.1) is 0 Å².